The van der Waals surface area contributed by atoms with Crippen molar-refractivity contribution in [2.45, 2.75) is 23.6 Å². The van der Waals surface area contributed by atoms with Crippen LogP contribution in [-0.2, 0) is 20.2 Å². The second-order valence-electron chi connectivity index (χ2n) is 9.32. The Kier molecular flexibility index (Phi) is 8.09. The fourth-order valence-corrected chi connectivity index (χ4v) is 5.79. The van der Waals surface area contributed by atoms with Crippen LogP contribution >= 0.6 is 11.6 Å². The first-order valence-corrected chi connectivity index (χ1v) is 15.6. The van der Waals surface area contributed by atoms with Gasteiger partial charge in [0.05, 0.1) is 11.4 Å². The van der Waals surface area contributed by atoms with E-state index < -0.39 is 30.0 Å². The minimum absolute atomic E-state index is 0.0217. The first kappa shape index (κ1) is 29.9. The van der Waals surface area contributed by atoms with Crippen molar-refractivity contribution in [2.75, 3.05) is 10.6 Å². The Hall–Kier alpha value is -4.54. The number of hydrogen-bond donors (Lipinski definition) is 4. The van der Waals surface area contributed by atoms with E-state index in [0.29, 0.717) is 16.9 Å². The fraction of sp³-hybridized carbons (Fsp3) is 0.0741. The Bertz CT molecular complexity index is 2140. The van der Waals surface area contributed by atoms with Crippen LogP contribution in [0.25, 0.3) is 10.8 Å². The molecule has 0 aliphatic rings. The fourth-order valence-electron chi connectivity index (χ4n) is 4.21. The molecule has 0 saturated carbocycles. The number of halogens is 1. The topological polar surface area (TPSA) is 196 Å². The third-order valence-corrected chi connectivity index (χ3v) is 8.04. The molecule has 13 nitrogen and oxygen atoms in total. The van der Waals surface area contributed by atoms with E-state index in [1.165, 1.54) is 18.2 Å². The third-order valence-electron chi connectivity index (χ3n) is 6.07. The van der Waals surface area contributed by atoms with Crippen molar-refractivity contribution >= 4 is 77.3 Å². The smallest absolute Gasteiger partial charge is 0.295 e. The standard InChI is InChI=1S/C27H22ClN7O6S2/c1-15-5-3-6-17(11-15)29-26-31-25(28)32-27(33-26)30-18-9-10-22(16(2)12-18)35-34-19-13-21-20(24(14-19)43(39,40)41)7-4-8-23(21)42(36,37)38/h3-14H,1-2H3,(H,36,37,38)(H,39,40,41)(H2,29,30,31,32,33). The van der Waals surface area contributed by atoms with Crippen molar-refractivity contribution in [3.05, 3.63) is 89.2 Å². The van der Waals surface area contributed by atoms with E-state index in [2.05, 4.69) is 35.8 Å². The van der Waals surface area contributed by atoms with Crippen molar-refractivity contribution in [3.63, 3.8) is 0 Å². The lowest BCUT2D eigenvalue weighted by molar-refractivity contribution is 0.481. The average molecular weight is 640 g/mol. The van der Waals surface area contributed by atoms with Gasteiger partial charge in [-0.2, -0.15) is 42.0 Å². The van der Waals surface area contributed by atoms with Crippen LogP contribution in [0.15, 0.2) is 92.8 Å². The molecule has 0 spiro atoms. The van der Waals surface area contributed by atoms with Crippen molar-refractivity contribution in [1.29, 1.82) is 0 Å². The van der Waals surface area contributed by atoms with Gasteiger partial charge in [-0.3, -0.25) is 9.11 Å². The number of azo groups is 1. The highest BCUT2D eigenvalue weighted by molar-refractivity contribution is 7.86. The zero-order valence-corrected chi connectivity index (χ0v) is 24.8. The summed E-state index contributed by atoms with van der Waals surface area (Å²) in [5.41, 5.74) is 3.41. The Morgan fingerprint density at radius 2 is 1.35 bits per heavy atom. The molecule has 5 aromatic rings. The van der Waals surface area contributed by atoms with E-state index in [1.54, 1.807) is 25.1 Å². The van der Waals surface area contributed by atoms with Crippen LogP contribution in [-0.4, -0.2) is 40.9 Å². The summed E-state index contributed by atoms with van der Waals surface area (Å²) < 4.78 is 67.3. The predicted octanol–water partition coefficient (Wildman–Crippen LogP) is 6.69. The summed E-state index contributed by atoms with van der Waals surface area (Å²) in [6.45, 7) is 3.72. The van der Waals surface area contributed by atoms with Gasteiger partial charge >= 0.3 is 0 Å². The number of nitrogens with zero attached hydrogens (tertiary/aromatic N) is 5. The third kappa shape index (κ3) is 7.10. The SMILES string of the molecule is Cc1cccc(Nc2nc(Cl)nc(Nc3ccc(N=Nc4cc(S(=O)(=O)O)c5cccc(S(=O)(=O)O)c5c4)c(C)c3)n2)c1. The Labute approximate surface area is 251 Å². The van der Waals surface area contributed by atoms with Crippen LogP contribution < -0.4 is 10.6 Å². The van der Waals surface area contributed by atoms with E-state index in [0.717, 1.165) is 23.4 Å². The molecule has 0 bridgehead atoms. The van der Waals surface area contributed by atoms with Gasteiger partial charge in [0, 0.05) is 22.1 Å². The number of aryl methyl sites for hydroxylation is 2. The summed E-state index contributed by atoms with van der Waals surface area (Å²) in [5, 5.41) is 14.1. The highest BCUT2D eigenvalue weighted by atomic mass is 35.5. The molecule has 0 aliphatic carbocycles. The minimum atomic E-state index is -4.78. The Morgan fingerprint density at radius 1 is 0.698 bits per heavy atom. The van der Waals surface area contributed by atoms with Gasteiger partial charge < -0.3 is 10.6 Å². The van der Waals surface area contributed by atoms with E-state index in [1.807, 2.05) is 31.2 Å². The molecule has 0 atom stereocenters. The van der Waals surface area contributed by atoms with Crippen LogP contribution in [0.5, 0.6) is 0 Å². The van der Waals surface area contributed by atoms with E-state index in [9.17, 15) is 25.9 Å². The van der Waals surface area contributed by atoms with Gasteiger partial charge in [0.25, 0.3) is 20.2 Å². The molecule has 220 valence electrons. The maximum absolute atomic E-state index is 12.1. The lowest BCUT2D eigenvalue weighted by Crippen LogP contribution is -2.04. The maximum Gasteiger partial charge on any atom is 0.295 e. The molecule has 43 heavy (non-hydrogen) atoms. The summed E-state index contributed by atoms with van der Waals surface area (Å²) in [6, 6.07) is 18.6. The van der Waals surface area contributed by atoms with Gasteiger partial charge in [0.15, 0.2) is 0 Å². The Balaban J connectivity index is 1.42. The monoisotopic (exact) mass is 639 g/mol. The summed E-state index contributed by atoms with van der Waals surface area (Å²) in [7, 11) is -9.50. The Morgan fingerprint density at radius 3 is 1.98 bits per heavy atom. The lowest BCUT2D eigenvalue weighted by atomic mass is 10.1. The molecule has 0 unspecified atom stereocenters. The number of aromatic nitrogens is 3. The maximum atomic E-state index is 12.1. The molecule has 0 radical (unpaired) electrons. The lowest BCUT2D eigenvalue weighted by Gasteiger charge is -2.10. The molecule has 4 aromatic carbocycles. The normalized spacial score (nSPS) is 12.1. The second-order valence-corrected chi connectivity index (χ2v) is 12.4. The first-order chi connectivity index (χ1) is 20.3. The predicted molar refractivity (Wildman–Crippen MR) is 162 cm³/mol. The van der Waals surface area contributed by atoms with Crippen LogP contribution in [0, 0.1) is 13.8 Å². The summed E-state index contributed by atoms with van der Waals surface area (Å²) in [6.07, 6.45) is 0. The highest BCUT2D eigenvalue weighted by Gasteiger charge is 2.21. The van der Waals surface area contributed by atoms with Gasteiger partial charge in [0.1, 0.15) is 9.79 Å². The molecule has 0 fully saturated rings. The van der Waals surface area contributed by atoms with Crippen molar-refractivity contribution in [1.82, 2.24) is 15.0 Å². The zero-order valence-electron chi connectivity index (χ0n) is 22.4. The molecule has 0 amide bonds. The van der Waals surface area contributed by atoms with E-state index >= 15 is 0 Å². The minimum Gasteiger partial charge on any atom is -0.324 e. The number of anilines is 4. The molecular weight excluding hydrogens is 618 g/mol. The quantitative estimate of drug-likeness (QED) is 0.104. The number of benzene rings is 4. The van der Waals surface area contributed by atoms with E-state index in [4.69, 9.17) is 11.6 Å². The number of fused-ring (bicyclic) bond motifs is 1. The summed E-state index contributed by atoms with van der Waals surface area (Å²) in [5.74, 6) is 0.430. The molecule has 1 heterocycles. The van der Waals surface area contributed by atoms with Gasteiger partial charge in [-0.15, -0.1) is 0 Å². The van der Waals surface area contributed by atoms with Crippen LogP contribution in [0.4, 0.5) is 34.6 Å². The average Bonchev–Trinajstić information content (AvgIpc) is 2.90. The van der Waals surface area contributed by atoms with Gasteiger partial charge in [-0.25, -0.2) is 0 Å². The molecule has 16 heteroatoms. The second kappa shape index (κ2) is 11.6. The summed E-state index contributed by atoms with van der Waals surface area (Å²) in [4.78, 5) is 11.4. The van der Waals surface area contributed by atoms with Crippen LogP contribution in [0.3, 0.4) is 0 Å². The molecule has 0 saturated heterocycles. The molecule has 1 aromatic heterocycles. The molecule has 4 N–H and O–H groups in total. The zero-order chi connectivity index (χ0) is 30.9. The van der Waals surface area contributed by atoms with Crippen LogP contribution in [0.1, 0.15) is 11.1 Å². The molecule has 0 aliphatic heterocycles. The van der Waals surface area contributed by atoms with Gasteiger partial charge in [-0.05, 0) is 85.1 Å². The van der Waals surface area contributed by atoms with Gasteiger partial charge in [0.2, 0.25) is 17.2 Å². The first-order valence-electron chi connectivity index (χ1n) is 12.3. The van der Waals surface area contributed by atoms with Gasteiger partial charge in [-0.1, -0.05) is 24.3 Å². The van der Waals surface area contributed by atoms with Crippen LogP contribution in [0.2, 0.25) is 5.28 Å². The molecular formula is C27H22ClN7O6S2. The number of nitrogens with one attached hydrogen (secondary N) is 2. The van der Waals surface area contributed by atoms with E-state index in [-0.39, 0.29) is 33.6 Å². The molecule has 5 rings (SSSR count). The van der Waals surface area contributed by atoms with Crippen molar-refractivity contribution in [2.24, 2.45) is 10.2 Å². The summed E-state index contributed by atoms with van der Waals surface area (Å²) >= 11 is 6.11. The largest absolute Gasteiger partial charge is 0.324 e. The number of rotatable bonds is 8. The highest BCUT2D eigenvalue weighted by Crippen LogP contribution is 2.34. The van der Waals surface area contributed by atoms with Crippen molar-refractivity contribution < 1.29 is 25.9 Å². The van der Waals surface area contributed by atoms with Crippen molar-refractivity contribution in [3.8, 4) is 0 Å². The number of hydrogen-bond acceptors (Lipinski definition) is 11.